The van der Waals surface area contributed by atoms with E-state index in [4.69, 9.17) is 0 Å². The molecule has 0 saturated carbocycles. The monoisotopic (exact) mass is 358 g/mol. The minimum absolute atomic E-state index is 0.0150. The molecule has 3 heterocycles. The number of pyridine rings is 1. The molecule has 3 rings (SSSR count). The summed E-state index contributed by atoms with van der Waals surface area (Å²) in [5.74, 6) is 1.22. The number of likely N-dealkylation sites (tertiary alicyclic amines) is 1. The quantitative estimate of drug-likeness (QED) is 0.861. The Morgan fingerprint density at radius 1 is 1.40 bits per heavy atom. The van der Waals surface area contributed by atoms with Gasteiger partial charge in [-0.05, 0) is 43.4 Å². The van der Waals surface area contributed by atoms with Crippen molar-refractivity contribution in [2.24, 2.45) is 11.8 Å². The molecule has 6 heteroatoms. The van der Waals surface area contributed by atoms with Gasteiger partial charge in [-0.2, -0.15) is 0 Å². The highest BCUT2D eigenvalue weighted by molar-refractivity contribution is 7.16. The van der Waals surface area contributed by atoms with E-state index in [1.165, 1.54) is 30.7 Å². The van der Waals surface area contributed by atoms with Crippen LogP contribution in [0.1, 0.15) is 36.4 Å². The number of nitrogens with one attached hydrogen (secondary N) is 1. The number of thiazole rings is 1. The molecule has 0 bridgehead atoms. The number of rotatable bonds is 6. The van der Waals surface area contributed by atoms with E-state index in [1.807, 2.05) is 12.1 Å². The van der Waals surface area contributed by atoms with Crippen LogP contribution in [-0.2, 0) is 0 Å². The highest BCUT2D eigenvalue weighted by Crippen LogP contribution is 2.24. The molecule has 1 fully saturated rings. The van der Waals surface area contributed by atoms with Crippen molar-refractivity contribution >= 4 is 17.2 Å². The number of carbonyl (C=O) groups is 1. The maximum Gasteiger partial charge on any atom is 0.263 e. The topological polar surface area (TPSA) is 58.1 Å². The lowest BCUT2D eigenvalue weighted by atomic mass is 9.97. The van der Waals surface area contributed by atoms with Gasteiger partial charge >= 0.3 is 0 Å². The Kier molecular flexibility index (Phi) is 6.15. The normalized spacial score (nSPS) is 18.4. The lowest BCUT2D eigenvalue weighted by Crippen LogP contribution is -2.42. The second-order valence-electron chi connectivity index (χ2n) is 7.14. The fraction of sp³-hybridized carbons (Fsp3) is 0.526. The van der Waals surface area contributed by atoms with Crippen LogP contribution in [0.3, 0.4) is 0 Å². The lowest BCUT2D eigenvalue weighted by Gasteiger charge is -2.33. The maximum atomic E-state index is 12.4. The Bertz CT molecular complexity index is 686. The van der Waals surface area contributed by atoms with Crippen molar-refractivity contribution in [3.8, 4) is 10.6 Å². The van der Waals surface area contributed by atoms with Crippen LogP contribution in [0.5, 0.6) is 0 Å². The molecule has 1 unspecified atom stereocenters. The molecule has 1 aliphatic heterocycles. The van der Waals surface area contributed by atoms with Gasteiger partial charge in [-0.1, -0.05) is 13.8 Å². The highest BCUT2D eigenvalue weighted by Gasteiger charge is 2.21. The molecule has 0 aliphatic carbocycles. The number of carbonyl (C=O) groups excluding carboxylic acids is 1. The molecule has 1 aliphatic rings. The molecule has 25 heavy (non-hydrogen) atoms. The molecule has 1 saturated heterocycles. The van der Waals surface area contributed by atoms with E-state index < -0.39 is 0 Å². The van der Waals surface area contributed by atoms with E-state index in [-0.39, 0.29) is 5.91 Å². The zero-order valence-corrected chi connectivity index (χ0v) is 15.8. The fourth-order valence-electron chi connectivity index (χ4n) is 3.33. The van der Waals surface area contributed by atoms with E-state index in [2.05, 4.69) is 34.0 Å². The molecule has 2 aromatic rings. The Balaban J connectivity index is 1.52. The van der Waals surface area contributed by atoms with Crippen molar-refractivity contribution in [1.29, 1.82) is 0 Å². The fourth-order valence-corrected chi connectivity index (χ4v) is 4.17. The summed E-state index contributed by atoms with van der Waals surface area (Å²) in [4.78, 5) is 24.0. The molecule has 5 nitrogen and oxygen atoms in total. The van der Waals surface area contributed by atoms with Gasteiger partial charge in [0.1, 0.15) is 9.88 Å². The third-order valence-corrected chi connectivity index (χ3v) is 5.48. The van der Waals surface area contributed by atoms with Crippen molar-refractivity contribution in [2.45, 2.75) is 26.7 Å². The summed E-state index contributed by atoms with van der Waals surface area (Å²) < 4.78 is 0. The summed E-state index contributed by atoms with van der Waals surface area (Å²) >= 11 is 1.43. The molecular formula is C19H26N4OS. The number of hydrogen-bond acceptors (Lipinski definition) is 5. The van der Waals surface area contributed by atoms with E-state index in [0.29, 0.717) is 16.7 Å². The molecule has 1 N–H and O–H groups in total. The van der Waals surface area contributed by atoms with Gasteiger partial charge in [0.25, 0.3) is 5.91 Å². The number of piperidine rings is 1. The zero-order valence-electron chi connectivity index (χ0n) is 14.9. The van der Waals surface area contributed by atoms with Crippen LogP contribution in [0.2, 0.25) is 0 Å². The van der Waals surface area contributed by atoms with Gasteiger partial charge < -0.3 is 10.2 Å². The minimum Gasteiger partial charge on any atom is -0.351 e. The third-order valence-electron chi connectivity index (χ3n) is 4.43. The van der Waals surface area contributed by atoms with Gasteiger partial charge in [0.05, 0.1) is 6.20 Å². The van der Waals surface area contributed by atoms with Crippen LogP contribution in [0.25, 0.3) is 10.6 Å². The summed E-state index contributed by atoms with van der Waals surface area (Å²) in [5.41, 5.74) is 0.996. The lowest BCUT2D eigenvalue weighted by molar-refractivity contribution is 0.0933. The first kappa shape index (κ1) is 18.0. The van der Waals surface area contributed by atoms with E-state index >= 15 is 0 Å². The second-order valence-corrected chi connectivity index (χ2v) is 8.17. The standard InChI is InChI=1S/C19H26N4OS/c1-14(2)12-23-9-3-4-15(13-23)10-21-18(24)17-11-22-19(25-17)16-5-7-20-8-6-16/h5-8,11,14-15H,3-4,9-10,12-13H2,1-2H3,(H,21,24). The van der Waals surface area contributed by atoms with Crippen LogP contribution < -0.4 is 5.32 Å². The van der Waals surface area contributed by atoms with Crippen molar-refractivity contribution in [3.05, 3.63) is 35.6 Å². The smallest absolute Gasteiger partial charge is 0.263 e. The molecule has 134 valence electrons. The van der Waals surface area contributed by atoms with Gasteiger partial charge in [-0.15, -0.1) is 11.3 Å². The summed E-state index contributed by atoms with van der Waals surface area (Å²) in [5, 5.41) is 3.95. The van der Waals surface area contributed by atoms with Crippen LogP contribution >= 0.6 is 11.3 Å². The highest BCUT2D eigenvalue weighted by atomic mass is 32.1. The summed E-state index contributed by atoms with van der Waals surface area (Å²) in [6, 6.07) is 3.82. The van der Waals surface area contributed by atoms with Gasteiger partial charge in [0.2, 0.25) is 0 Å². The molecule has 0 spiro atoms. The van der Waals surface area contributed by atoms with E-state index in [1.54, 1.807) is 18.6 Å². The zero-order chi connectivity index (χ0) is 17.6. The molecule has 0 aromatic carbocycles. The largest absolute Gasteiger partial charge is 0.351 e. The van der Waals surface area contributed by atoms with Gasteiger partial charge in [-0.25, -0.2) is 4.98 Å². The molecule has 0 radical (unpaired) electrons. The van der Waals surface area contributed by atoms with Gasteiger partial charge in [0, 0.05) is 37.6 Å². The first-order valence-corrected chi connectivity index (χ1v) is 9.80. The van der Waals surface area contributed by atoms with E-state index in [0.717, 1.165) is 30.2 Å². The van der Waals surface area contributed by atoms with Crippen LogP contribution in [0.15, 0.2) is 30.7 Å². The Hall–Kier alpha value is -1.79. The predicted octanol–water partition coefficient (Wildman–Crippen LogP) is 3.30. The maximum absolute atomic E-state index is 12.4. The predicted molar refractivity (Wildman–Crippen MR) is 102 cm³/mol. The van der Waals surface area contributed by atoms with Gasteiger partial charge in [0.15, 0.2) is 0 Å². The van der Waals surface area contributed by atoms with Crippen molar-refractivity contribution in [3.63, 3.8) is 0 Å². The average Bonchev–Trinajstić information content (AvgIpc) is 3.10. The Morgan fingerprint density at radius 2 is 2.20 bits per heavy atom. The third kappa shape index (κ3) is 5.09. The van der Waals surface area contributed by atoms with Crippen molar-refractivity contribution in [1.82, 2.24) is 20.2 Å². The first-order valence-electron chi connectivity index (χ1n) is 8.98. The minimum atomic E-state index is -0.0150. The molecular weight excluding hydrogens is 332 g/mol. The summed E-state index contributed by atoms with van der Waals surface area (Å²) in [6.07, 6.45) is 7.56. The van der Waals surface area contributed by atoms with E-state index in [9.17, 15) is 4.79 Å². The molecule has 1 atom stereocenters. The average molecular weight is 359 g/mol. The van der Waals surface area contributed by atoms with Crippen LogP contribution in [-0.4, -0.2) is 47.0 Å². The number of nitrogens with zero attached hydrogens (tertiary/aromatic N) is 3. The van der Waals surface area contributed by atoms with Gasteiger partial charge in [-0.3, -0.25) is 9.78 Å². The van der Waals surface area contributed by atoms with Crippen LogP contribution in [0, 0.1) is 11.8 Å². The number of aromatic nitrogens is 2. The second kappa shape index (κ2) is 8.54. The Labute approximate surface area is 153 Å². The number of amides is 1. The van der Waals surface area contributed by atoms with Crippen LogP contribution in [0.4, 0.5) is 0 Å². The van der Waals surface area contributed by atoms with Crippen molar-refractivity contribution in [2.75, 3.05) is 26.2 Å². The molecule has 1 amide bonds. The molecule has 2 aromatic heterocycles. The summed E-state index contributed by atoms with van der Waals surface area (Å²) in [7, 11) is 0. The first-order chi connectivity index (χ1) is 12.1. The van der Waals surface area contributed by atoms with Crippen molar-refractivity contribution < 1.29 is 4.79 Å². The number of hydrogen-bond donors (Lipinski definition) is 1. The Morgan fingerprint density at radius 3 is 2.96 bits per heavy atom. The SMILES string of the molecule is CC(C)CN1CCCC(CNC(=O)c2cnc(-c3ccncc3)s2)C1. The summed E-state index contributed by atoms with van der Waals surface area (Å²) in [6.45, 7) is 8.69.